The van der Waals surface area contributed by atoms with Gasteiger partial charge in [0.2, 0.25) is 5.91 Å². The van der Waals surface area contributed by atoms with Crippen LogP contribution >= 0.6 is 0 Å². The highest BCUT2D eigenvalue weighted by atomic mass is 16.2. The number of nitrogens with two attached hydrogens (primary N) is 1. The molecule has 0 aliphatic carbocycles. The summed E-state index contributed by atoms with van der Waals surface area (Å²) in [6.45, 7) is 6.20. The summed E-state index contributed by atoms with van der Waals surface area (Å²) in [4.78, 5) is 18.0. The van der Waals surface area contributed by atoms with E-state index < -0.39 is 0 Å². The summed E-state index contributed by atoms with van der Waals surface area (Å²) in [5, 5.41) is 3.14. The SMILES string of the molecule is Cc1cc(C)cc(NC(N)=NCc2ccc(CN3CCCC3=O)cc2)c1. The second kappa shape index (κ2) is 8.04. The molecule has 1 heterocycles. The zero-order valence-corrected chi connectivity index (χ0v) is 15.5. The second-order valence-corrected chi connectivity index (χ2v) is 6.94. The van der Waals surface area contributed by atoms with E-state index in [1.54, 1.807) is 0 Å². The maximum atomic E-state index is 11.7. The average molecular weight is 350 g/mol. The Labute approximate surface area is 154 Å². The van der Waals surface area contributed by atoms with E-state index in [1.165, 1.54) is 11.1 Å². The fraction of sp³-hybridized carbons (Fsp3) is 0.333. The van der Waals surface area contributed by atoms with Gasteiger partial charge >= 0.3 is 0 Å². The largest absolute Gasteiger partial charge is 0.370 e. The molecule has 1 amide bonds. The van der Waals surface area contributed by atoms with Crippen LogP contribution in [-0.2, 0) is 17.9 Å². The third-order valence-corrected chi connectivity index (χ3v) is 4.49. The van der Waals surface area contributed by atoms with Crippen LogP contribution in [0, 0.1) is 13.8 Å². The third-order valence-electron chi connectivity index (χ3n) is 4.49. The zero-order chi connectivity index (χ0) is 18.5. The molecule has 0 radical (unpaired) electrons. The lowest BCUT2D eigenvalue weighted by molar-refractivity contribution is -0.128. The number of hydrogen-bond acceptors (Lipinski definition) is 2. The van der Waals surface area contributed by atoms with Gasteiger partial charge in [0.15, 0.2) is 5.96 Å². The first kappa shape index (κ1) is 18.0. The molecule has 0 aromatic heterocycles. The van der Waals surface area contributed by atoms with E-state index in [2.05, 4.69) is 42.4 Å². The van der Waals surface area contributed by atoms with Crippen molar-refractivity contribution in [1.29, 1.82) is 0 Å². The van der Waals surface area contributed by atoms with Crippen LogP contribution in [0.4, 0.5) is 5.69 Å². The molecule has 26 heavy (non-hydrogen) atoms. The predicted octanol–water partition coefficient (Wildman–Crippen LogP) is 3.35. The summed E-state index contributed by atoms with van der Waals surface area (Å²) in [5.41, 5.74) is 11.6. The smallest absolute Gasteiger partial charge is 0.222 e. The molecule has 2 aromatic rings. The number of aliphatic imine (C=N–C) groups is 1. The lowest BCUT2D eigenvalue weighted by Crippen LogP contribution is -2.23. The van der Waals surface area contributed by atoms with Crippen molar-refractivity contribution in [3.8, 4) is 0 Å². The molecule has 1 aliphatic rings. The highest BCUT2D eigenvalue weighted by Crippen LogP contribution is 2.16. The van der Waals surface area contributed by atoms with Crippen LogP contribution in [0.3, 0.4) is 0 Å². The Hall–Kier alpha value is -2.82. The number of guanidine groups is 1. The quantitative estimate of drug-likeness (QED) is 0.642. The summed E-state index contributed by atoms with van der Waals surface area (Å²) in [7, 11) is 0. The molecule has 3 N–H and O–H groups in total. The van der Waals surface area contributed by atoms with Crippen molar-refractivity contribution in [2.24, 2.45) is 10.7 Å². The molecule has 3 rings (SSSR count). The first-order chi connectivity index (χ1) is 12.5. The highest BCUT2D eigenvalue weighted by molar-refractivity contribution is 5.92. The van der Waals surface area contributed by atoms with E-state index in [1.807, 2.05) is 29.2 Å². The van der Waals surface area contributed by atoms with Crippen molar-refractivity contribution in [2.75, 3.05) is 11.9 Å². The lowest BCUT2D eigenvalue weighted by atomic mass is 10.1. The Balaban J connectivity index is 1.56. The Kier molecular flexibility index (Phi) is 5.56. The van der Waals surface area contributed by atoms with Crippen molar-refractivity contribution < 1.29 is 4.79 Å². The Bertz CT molecular complexity index is 791. The Morgan fingerprint density at radius 2 is 1.77 bits per heavy atom. The molecule has 1 aliphatic heterocycles. The molecule has 0 bridgehead atoms. The molecule has 0 unspecified atom stereocenters. The van der Waals surface area contributed by atoms with Crippen molar-refractivity contribution in [1.82, 2.24) is 4.90 Å². The number of anilines is 1. The number of aryl methyl sites for hydroxylation is 2. The van der Waals surface area contributed by atoms with Crippen LogP contribution in [-0.4, -0.2) is 23.3 Å². The van der Waals surface area contributed by atoms with Gasteiger partial charge < -0.3 is 16.0 Å². The van der Waals surface area contributed by atoms with Gasteiger partial charge in [-0.2, -0.15) is 0 Å². The van der Waals surface area contributed by atoms with Crippen LogP contribution in [0.5, 0.6) is 0 Å². The molecule has 5 nitrogen and oxygen atoms in total. The Morgan fingerprint density at radius 3 is 2.38 bits per heavy atom. The number of carbonyl (C=O) groups is 1. The van der Waals surface area contributed by atoms with Crippen LogP contribution in [0.15, 0.2) is 47.5 Å². The van der Waals surface area contributed by atoms with Crippen molar-refractivity contribution >= 4 is 17.6 Å². The van der Waals surface area contributed by atoms with Crippen molar-refractivity contribution in [3.63, 3.8) is 0 Å². The minimum Gasteiger partial charge on any atom is -0.370 e. The summed E-state index contributed by atoms with van der Waals surface area (Å²) in [5.74, 6) is 0.658. The predicted molar refractivity (Wildman–Crippen MR) is 106 cm³/mol. The molecule has 1 saturated heterocycles. The van der Waals surface area contributed by atoms with E-state index in [-0.39, 0.29) is 5.91 Å². The number of likely N-dealkylation sites (tertiary alicyclic amines) is 1. The molecular weight excluding hydrogens is 324 g/mol. The molecule has 2 aromatic carbocycles. The van der Waals surface area contributed by atoms with Gasteiger partial charge in [-0.15, -0.1) is 0 Å². The van der Waals surface area contributed by atoms with E-state index in [0.29, 0.717) is 25.5 Å². The van der Waals surface area contributed by atoms with Crippen LogP contribution in [0.25, 0.3) is 0 Å². The molecule has 0 spiro atoms. The van der Waals surface area contributed by atoms with Crippen LogP contribution in [0.1, 0.15) is 35.1 Å². The number of rotatable bonds is 5. The fourth-order valence-electron chi connectivity index (χ4n) is 3.25. The monoisotopic (exact) mass is 350 g/mol. The highest BCUT2D eigenvalue weighted by Gasteiger charge is 2.19. The van der Waals surface area contributed by atoms with Gasteiger partial charge in [0, 0.05) is 25.2 Å². The van der Waals surface area contributed by atoms with Crippen molar-refractivity contribution in [3.05, 3.63) is 64.7 Å². The van der Waals surface area contributed by atoms with E-state index in [0.717, 1.165) is 29.8 Å². The summed E-state index contributed by atoms with van der Waals surface area (Å²) in [6.07, 6.45) is 1.65. The fourth-order valence-corrected chi connectivity index (χ4v) is 3.25. The molecule has 0 saturated carbocycles. The van der Waals surface area contributed by atoms with Gasteiger partial charge in [-0.25, -0.2) is 4.99 Å². The summed E-state index contributed by atoms with van der Waals surface area (Å²) < 4.78 is 0. The summed E-state index contributed by atoms with van der Waals surface area (Å²) in [6, 6.07) is 14.4. The molecule has 5 heteroatoms. The molecule has 0 atom stereocenters. The van der Waals surface area contributed by atoms with Gasteiger partial charge in [-0.1, -0.05) is 30.3 Å². The minimum atomic E-state index is 0.254. The third kappa shape index (κ3) is 4.85. The van der Waals surface area contributed by atoms with Crippen LogP contribution < -0.4 is 11.1 Å². The number of benzene rings is 2. The molecule has 1 fully saturated rings. The van der Waals surface area contributed by atoms with Gasteiger partial charge in [0.25, 0.3) is 0 Å². The van der Waals surface area contributed by atoms with Gasteiger partial charge in [0.05, 0.1) is 6.54 Å². The Morgan fingerprint density at radius 1 is 1.12 bits per heavy atom. The second-order valence-electron chi connectivity index (χ2n) is 6.94. The number of nitrogens with zero attached hydrogens (tertiary/aromatic N) is 2. The first-order valence-corrected chi connectivity index (χ1v) is 9.00. The minimum absolute atomic E-state index is 0.254. The zero-order valence-electron chi connectivity index (χ0n) is 15.5. The van der Waals surface area contributed by atoms with E-state index in [9.17, 15) is 4.79 Å². The van der Waals surface area contributed by atoms with Crippen LogP contribution in [0.2, 0.25) is 0 Å². The average Bonchev–Trinajstić information content (AvgIpc) is 2.98. The first-order valence-electron chi connectivity index (χ1n) is 9.00. The lowest BCUT2D eigenvalue weighted by Gasteiger charge is -2.15. The number of hydrogen-bond donors (Lipinski definition) is 2. The van der Waals surface area contributed by atoms with E-state index >= 15 is 0 Å². The molecule has 136 valence electrons. The van der Waals surface area contributed by atoms with Gasteiger partial charge in [-0.05, 0) is 54.7 Å². The van der Waals surface area contributed by atoms with Gasteiger partial charge in [0.1, 0.15) is 0 Å². The maximum Gasteiger partial charge on any atom is 0.222 e. The molecular formula is C21H26N4O. The normalized spacial score (nSPS) is 14.8. The van der Waals surface area contributed by atoms with Gasteiger partial charge in [-0.3, -0.25) is 4.79 Å². The maximum absolute atomic E-state index is 11.7. The standard InChI is InChI=1S/C21H26N4O/c1-15-10-16(2)12-19(11-15)24-21(22)23-13-17-5-7-18(8-6-17)14-25-9-3-4-20(25)26/h5-8,10-12H,3-4,9,13-14H2,1-2H3,(H3,22,23,24). The topological polar surface area (TPSA) is 70.7 Å². The number of nitrogens with one attached hydrogen (secondary N) is 1. The number of amides is 1. The van der Waals surface area contributed by atoms with Crippen molar-refractivity contribution in [2.45, 2.75) is 39.8 Å². The summed E-state index contributed by atoms with van der Waals surface area (Å²) >= 11 is 0. The number of carbonyl (C=O) groups excluding carboxylic acids is 1. The van der Waals surface area contributed by atoms with E-state index in [4.69, 9.17) is 5.73 Å².